The van der Waals surface area contributed by atoms with Crippen LogP contribution in [0.4, 0.5) is 11.4 Å². The SMILES string of the molecule is C=C(/C=C\[C@@H](C)c1ccccc1)N(c1ccc2oc3c4c(c5ccccc5c3c2c1)C(C)(C)c1cc(-c2ccc(-c3ccccc3)cc2)ccc1-4)c1cccc2ccccc12. The van der Waals surface area contributed by atoms with Crippen molar-refractivity contribution in [1.29, 1.82) is 0 Å². The number of anilines is 2. The van der Waals surface area contributed by atoms with E-state index in [0.717, 1.165) is 39.0 Å². The van der Waals surface area contributed by atoms with Gasteiger partial charge in [-0.15, -0.1) is 0 Å². The average Bonchev–Trinajstić information content (AvgIpc) is 3.81. The largest absolute Gasteiger partial charge is 0.455 e. The van der Waals surface area contributed by atoms with Gasteiger partial charge in [0.25, 0.3) is 0 Å². The lowest BCUT2D eigenvalue weighted by molar-refractivity contribution is 0.658. The van der Waals surface area contributed by atoms with Crippen LogP contribution in [0.2, 0.25) is 0 Å². The van der Waals surface area contributed by atoms with E-state index in [1.54, 1.807) is 0 Å². The van der Waals surface area contributed by atoms with E-state index in [2.05, 4.69) is 226 Å². The Hall–Kier alpha value is -7.42. The Kier molecular flexibility index (Phi) is 8.65. The zero-order chi connectivity index (χ0) is 41.2. The standard InChI is InChI=1S/C59H45NO/c1-38(40-16-7-5-8-17-40)26-27-39(2)60(53-25-15-21-44-20-11-12-22-47(44)53)46-33-35-54-51(37-46)55-48-23-13-14-24-49(48)57-56(58(55)61-54)50-34-32-45(36-52(50)59(57,3)4)43-30-28-42(29-31-43)41-18-9-6-10-19-41/h5-38H,2H2,1,3-4H3/b27-26-/t38-/m1/s1. The minimum Gasteiger partial charge on any atom is -0.455 e. The molecule has 292 valence electrons. The van der Waals surface area contributed by atoms with Crippen molar-refractivity contribution in [3.8, 4) is 33.4 Å². The molecule has 2 nitrogen and oxygen atoms in total. The summed E-state index contributed by atoms with van der Waals surface area (Å²) in [6.07, 6.45) is 4.42. The van der Waals surface area contributed by atoms with Gasteiger partial charge in [-0.25, -0.2) is 0 Å². The highest BCUT2D eigenvalue weighted by molar-refractivity contribution is 6.25. The summed E-state index contributed by atoms with van der Waals surface area (Å²) in [7, 11) is 0. The molecule has 11 rings (SSSR count). The number of hydrogen-bond acceptors (Lipinski definition) is 2. The van der Waals surface area contributed by atoms with E-state index in [1.165, 1.54) is 71.6 Å². The van der Waals surface area contributed by atoms with E-state index in [9.17, 15) is 0 Å². The average molecular weight is 784 g/mol. The Morgan fingerprint density at radius 3 is 1.98 bits per heavy atom. The van der Waals surface area contributed by atoms with Crippen molar-refractivity contribution in [2.45, 2.75) is 32.1 Å². The number of hydrogen-bond donors (Lipinski definition) is 0. The van der Waals surface area contributed by atoms with Crippen molar-refractivity contribution in [2.75, 3.05) is 4.90 Å². The molecule has 1 atom stereocenters. The Morgan fingerprint density at radius 1 is 0.590 bits per heavy atom. The van der Waals surface area contributed by atoms with E-state index >= 15 is 0 Å². The van der Waals surface area contributed by atoms with Gasteiger partial charge in [0.15, 0.2) is 0 Å². The minimum atomic E-state index is -0.255. The Morgan fingerprint density at radius 2 is 1.21 bits per heavy atom. The third-order valence-electron chi connectivity index (χ3n) is 13.0. The predicted molar refractivity (Wildman–Crippen MR) is 259 cm³/mol. The summed E-state index contributed by atoms with van der Waals surface area (Å²) in [6, 6.07) is 67.9. The Bertz CT molecular complexity index is 3350. The Balaban J connectivity index is 1.07. The van der Waals surface area contributed by atoms with Crippen LogP contribution in [0.15, 0.2) is 217 Å². The molecular weight excluding hydrogens is 739 g/mol. The van der Waals surface area contributed by atoms with Crippen LogP contribution >= 0.6 is 0 Å². The van der Waals surface area contributed by atoms with Crippen molar-refractivity contribution in [3.05, 3.63) is 229 Å². The number of allylic oxidation sites excluding steroid dienone is 2. The first kappa shape index (κ1) is 36.6. The molecule has 0 fully saturated rings. The van der Waals surface area contributed by atoms with Gasteiger partial charge in [-0.05, 0) is 103 Å². The first-order chi connectivity index (χ1) is 29.8. The fraction of sp³-hybridized carbons (Fsp3) is 0.0847. The number of rotatable bonds is 8. The molecule has 0 spiro atoms. The molecule has 0 bridgehead atoms. The van der Waals surface area contributed by atoms with E-state index in [4.69, 9.17) is 11.0 Å². The maximum atomic E-state index is 7.07. The highest BCUT2D eigenvalue weighted by atomic mass is 16.3. The summed E-state index contributed by atoms with van der Waals surface area (Å²) >= 11 is 0. The first-order valence-electron chi connectivity index (χ1n) is 21.3. The lowest BCUT2D eigenvalue weighted by Gasteiger charge is -2.27. The van der Waals surface area contributed by atoms with Crippen LogP contribution < -0.4 is 4.90 Å². The van der Waals surface area contributed by atoms with Crippen LogP contribution in [0, 0.1) is 0 Å². The van der Waals surface area contributed by atoms with Crippen molar-refractivity contribution < 1.29 is 4.42 Å². The third-order valence-corrected chi connectivity index (χ3v) is 13.0. The van der Waals surface area contributed by atoms with Gasteiger partial charge in [-0.1, -0.05) is 191 Å². The smallest absolute Gasteiger partial charge is 0.144 e. The van der Waals surface area contributed by atoms with Gasteiger partial charge < -0.3 is 9.32 Å². The molecule has 0 saturated heterocycles. The van der Waals surface area contributed by atoms with Gasteiger partial charge in [0.2, 0.25) is 0 Å². The summed E-state index contributed by atoms with van der Waals surface area (Å²) in [5.41, 5.74) is 15.8. The lowest BCUT2D eigenvalue weighted by atomic mass is 9.79. The first-order valence-corrected chi connectivity index (χ1v) is 21.3. The van der Waals surface area contributed by atoms with Gasteiger partial charge >= 0.3 is 0 Å². The topological polar surface area (TPSA) is 16.4 Å². The predicted octanol–water partition coefficient (Wildman–Crippen LogP) is 16.5. The molecule has 1 aliphatic rings. The van der Waals surface area contributed by atoms with Gasteiger partial charge in [0, 0.05) is 38.5 Å². The highest BCUT2D eigenvalue weighted by Crippen LogP contribution is 2.57. The van der Waals surface area contributed by atoms with E-state index in [1.807, 2.05) is 0 Å². The van der Waals surface area contributed by atoms with Crippen molar-refractivity contribution >= 4 is 54.9 Å². The third kappa shape index (κ3) is 6.01. The normalized spacial score (nSPS) is 13.6. The number of nitrogens with zero attached hydrogens (tertiary/aromatic N) is 1. The molecule has 10 aromatic rings. The van der Waals surface area contributed by atoms with Gasteiger partial charge in [0.1, 0.15) is 11.2 Å². The molecule has 0 saturated carbocycles. The molecule has 9 aromatic carbocycles. The van der Waals surface area contributed by atoms with Crippen LogP contribution in [0.5, 0.6) is 0 Å². The van der Waals surface area contributed by atoms with Crippen molar-refractivity contribution in [1.82, 2.24) is 0 Å². The molecule has 2 heteroatoms. The fourth-order valence-corrected chi connectivity index (χ4v) is 9.88. The fourth-order valence-electron chi connectivity index (χ4n) is 9.88. The molecule has 0 radical (unpaired) electrons. The van der Waals surface area contributed by atoms with Gasteiger partial charge in [0.05, 0.1) is 5.69 Å². The highest BCUT2D eigenvalue weighted by Gasteiger charge is 2.40. The van der Waals surface area contributed by atoms with Crippen LogP contribution in [0.3, 0.4) is 0 Å². The van der Waals surface area contributed by atoms with Crippen molar-refractivity contribution in [2.24, 2.45) is 0 Å². The summed E-state index contributed by atoms with van der Waals surface area (Å²) in [6.45, 7) is 11.7. The quantitative estimate of drug-likeness (QED) is 0.143. The zero-order valence-corrected chi connectivity index (χ0v) is 34.7. The van der Waals surface area contributed by atoms with E-state index in [-0.39, 0.29) is 11.3 Å². The minimum absolute atomic E-state index is 0.226. The zero-order valence-electron chi connectivity index (χ0n) is 34.7. The van der Waals surface area contributed by atoms with Crippen LogP contribution in [-0.4, -0.2) is 0 Å². The second-order valence-electron chi connectivity index (χ2n) is 17.0. The maximum Gasteiger partial charge on any atom is 0.144 e. The molecule has 1 aromatic heterocycles. The van der Waals surface area contributed by atoms with E-state index < -0.39 is 0 Å². The monoisotopic (exact) mass is 783 g/mol. The summed E-state index contributed by atoms with van der Waals surface area (Å²) < 4.78 is 7.07. The summed E-state index contributed by atoms with van der Waals surface area (Å²) in [5, 5.41) is 7.06. The molecule has 0 unspecified atom stereocenters. The molecule has 1 aliphatic carbocycles. The lowest BCUT2D eigenvalue weighted by Crippen LogP contribution is -2.15. The Labute approximate surface area is 357 Å². The maximum absolute atomic E-state index is 7.07. The van der Waals surface area contributed by atoms with Crippen LogP contribution in [0.1, 0.15) is 43.4 Å². The number of fused-ring (bicyclic) bond motifs is 11. The summed E-state index contributed by atoms with van der Waals surface area (Å²) in [4.78, 5) is 2.30. The molecular formula is C59H45NO. The number of furan rings is 1. The number of benzene rings is 9. The molecule has 0 N–H and O–H groups in total. The van der Waals surface area contributed by atoms with E-state index in [0.29, 0.717) is 0 Å². The molecule has 0 amide bonds. The van der Waals surface area contributed by atoms with Crippen LogP contribution in [-0.2, 0) is 5.41 Å². The molecule has 0 aliphatic heterocycles. The van der Waals surface area contributed by atoms with Gasteiger partial charge in [-0.3, -0.25) is 0 Å². The van der Waals surface area contributed by atoms with Crippen LogP contribution in [0.25, 0.3) is 76.9 Å². The van der Waals surface area contributed by atoms with Crippen molar-refractivity contribution in [3.63, 3.8) is 0 Å². The molecule has 61 heavy (non-hydrogen) atoms. The second-order valence-corrected chi connectivity index (χ2v) is 17.0. The summed E-state index contributed by atoms with van der Waals surface area (Å²) in [5.74, 6) is 0.226. The molecule has 1 heterocycles. The van der Waals surface area contributed by atoms with Gasteiger partial charge in [-0.2, -0.15) is 0 Å². The second kappa shape index (κ2) is 14.4.